The lowest BCUT2D eigenvalue weighted by Crippen LogP contribution is -2.39. The van der Waals surface area contributed by atoms with E-state index in [4.69, 9.17) is 11.6 Å². The summed E-state index contributed by atoms with van der Waals surface area (Å²) >= 11 is 5.94. The Morgan fingerprint density at radius 1 is 1.00 bits per heavy atom. The molecule has 0 saturated carbocycles. The average molecular weight is 417 g/mol. The molecule has 0 unspecified atom stereocenters. The van der Waals surface area contributed by atoms with Crippen molar-refractivity contribution >= 4 is 38.3 Å². The number of rotatable bonds is 7. The summed E-state index contributed by atoms with van der Waals surface area (Å²) in [7, 11) is -2.35. The van der Waals surface area contributed by atoms with Gasteiger partial charge in [-0.3, -0.25) is 4.79 Å². The number of nitrogens with one attached hydrogen (secondary N) is 1. The van der Waals surface area contributed by atoms with Crippen LogP contribution in [0.1, 0.15) is 5.56 Å². The highest BCUT2D eigenvalue weighted by molar-refractivity contribution is 7.89. The fourth-order valence-corrected chi connectivity index (χ4v) is 4.27. The first kappa shape index (κ1) is 20.3. The van der Waals surface area contributed by atoms with Crippen molar-refractivity contribution in [3.63, 3.8) is 0 Å². The minimum Gasteiger partial charge on any atom is -0.355 e. The van der Waals surface area contributed by atoms with Crippen LogP contribution in [0.2, 0.25) is 5.02 Å². The molecule has 3 aromatic carbocycles. The van der Waals surface area contributed by atoms with E-state index < -0.39 is 10.0 Å². The molecule has 3 aromatic rings. The number of hydrogen-bond acceptors (Lipinski definition) is 3. The number of likely N-dealkylation sites (N-methyl/N-ethyl adjacent to an activating group) is 1. The van der Waals surface area contributed by atoms with Crippen molar-refractivity contribution in [1.82, 2.24) is 9.62 Å². The van der Waals surface area contributed by atoms with Crippen LogP contribution in [-0.4, -0.2) is 38.8 Å². The van der Waals surface area contributed by atoms with Crippen LogP contribution in [-0.2, 0) is 21.2 Å². The van der Waals surface area contributed by atoms with Gasteiger partial charge in [-0.2, -0.15) is 4.31 Å². The number of hydrogen-bond donors (Lipinski definition) is 1. The van der Waals surface area contributed by atoms with Gasteiger partial charge >= 0.3 is 0 Å². The van der Waals surface area contributed by atoms with E-state index in [0.717, 1.165) is 20.6 Å². The Hall–Kier alpha value is -2.41. The first-order chi connectivity index (χ1) is 13.4. The molecule has 0 atom stereocenters. The highest BCUT2D eigenvalue weighted by atomic mass is 35.5. The molecule has 0 aliphatic heterocycles. The van der Waals surface area contributed by atoms with E-state index >= 15 is 0 Å². The molecule has 0 fully saturated rings. The van der Waals surface area contributed by atoms with Crippen molar-refractivity contribution in [3.05, 3.63) is 77.3 Å². The first-order valence-corrected chi connectivity index (χ1v) is 10.6. The summed E-state index contributed by atoms with van der Waals surface area (Å²) in [6.45, 7) is 0.160. The topological polar surface area (TPSA) is 66.5 Å². The quantitative estimate of drug-likeness (QED) is 0.641. The van der Waals surface area contributed by atoms with Crippen LogP contribution in [0.25, 0.3) is 10.8 Å². The second-order valence-corrected chi connectivity index (χ2v) is 8.98. The number of carbonyl (C=O) groups excluding carboxylic acids is 1. The van der Waals surface area contributed by atoms with Crippen LogP contribution in [0.3, 0.4) is 0 Å². The third-order valence-electron chi connectivity index (χ3n) is 4.42. The van der Waals surface area contributed by atoms with Crippen LogP contribution in [0.5, 0.6) is 0 Å². The average Bonchev–Trinajstić information content (AvgIpc) is 2.67. The van der Waals surface area contributed by atoms with E-state index in [-0.39, 0.29) is 17.3 Å². The third kappa shape index (κ3) is 4.90. The second kappa shape index (κ2) is 8.73. The summed E-state index contributed by atoms with van der Waals surface area (Å²) < 4.78 is 26.6. The van der Waals surface area contributed by atoms with E-state index in [9.17, 15) is 13.2 Å². The molecule has 28 heavy (non-hydrogen) atoms. The zero-order valence-corrected chi connectivity index (χ0v) is 17.0. The molecule has 1 amide bonds. The van der Waals surface area contributed by atoms with Gasteiger partial charge in [-0.05, 0) is 47.0 Å². The molecule has 0 radical (unpaired) electrons. The van der Waals surface area contributed by atoms with E-state index in [0.29, 0.717) is 18.0 Å². The van der Waals surface area contributed by atoms with Gasteiger partial charge in [-0.1, -0.05) is 54.1 Å². The molecule has 1 N–H and O–H groups in total. The van der Waals surface area contributed by atoms with Crippen LogP contribution in [0, 0.1) is 0 Å². The van der Waals surface area contributed by atoms with Crippen molar-refractivity contribution in [1.29, 1.82) is 0 Å². The number of benzene rings is 3. The van der Waals surface area contributed by atoms with Gasteiger partial charge in [0.05, 0.1) is 11.4 Å². The highest BCUT2D eigenvalue weighted by Crippen LogP contribution is 2.21. The number of nitrogens with zero attached hydrogens (tertiary/aromatic N) is 1. The Morgan fingerprint density at radius 2 is 1.75 bits per heavy atom. The number of halogens is 1. The van der Waals surface area contributed by atoms with Crippen molar-refractivity contribution in [2.45, 2.75) is 11.3 Å². The molecule has 5 nitrogen and oxygen atoms in total. The maximum Gasteiger partial charge on any atom is 0.243 e. The summed E-state index contributed by atoms with van der Waals surface area (Å²) in [6, 6.07) is 19.9. The Morgan fingerprint density at radius 3 is 2.50 bits per heavy atom. The highest BCUT2D eigenvalue weighted by Gasteiger charge is 2.23. The normalized spacial score (nSPS) is 11.7. The van der Waals surface area contributed by atoms with Gasteiger partial charge in [-0.15, -0.1) is 0 Å². The molecule has 0 aromatic heterocycles. The predicted octanol–water partition coefficient (Wildman–Crippen LogP) is 3.47. The molecule has 0 bridgehead atoms. The van der Waals surface area contributed by atoms with Crippen LogP contribution in [0.15, 0.2) is 71.6 Å². The molecule has 0 aliphatic rings. The lowest BCUT2D eigenvalue weighted by atomic mass is 10.1. The van der Waals surface area contributed by atoms with Gasteiger partial charge in [-0.25, -0.2) is 8.42 Å². The Kier molecular flexibility index (Phi) is 6.34. The molecule has 0 heterocycles. The van der Waals surface area contributed by atoms with Crippen molar-refractivity contribution in [2.24, 2.45) is 0 Å². The van der Waals surface area contributed by atoms with Gasteiger partial charge in [0, 0.05) is 18.6 Å². The number of sulfonamides is 1. The molecule has 0 spiro atoms. The summed E-state index contributed by atoms with van der Waals surface area (Å²) in [6.07, 6.45) is 0.618. The minimum atomic E-state index is -3.75. The van der Waals surface area contributed by atoms with Crippen molar-refractivity contribution < 1.29 is 13.2 Å². The monoisotopic (exact) mass is 416 g/mol. The Labute approximate surface area is 170 Å². The van der Waals surface area contributed by atoms with Gasteiger partial charge in [0.1, 0.15) is 0 Å². The smallest absolute Gasteiger partial charge is 0.243 e. The molecular weight excluding hydrogens is 396 g/mol. The summed E-state index contributed by atoms with van der Waals surface area (Å²) in [4.78, 5) is 12.3. The van der Waals surface area contributed by atoms with E-state index in [1.165, 1.54) is 7.05 Å². The maximum absolute atomic E-state index is 12.8. The summed E-state index contributed by atoms with van der Waals surface area (Å²) in [5.74, 6) is -0.353. The fraction of sp³-hybridized carbons (Fsp3) is 0.190. The second-order valence-electron chi connectivity index (χ2n) is 6.50. The molecule has 0 aliphatic carbocycles. The Balaban J connectivity index is 1.60. The lowest BCUT2D eigenvalue weighted by molar-refractivity contribution is -0.121. The standard InChI is InChI=1S/C21H21ClN2O3S/c1-24(15-21(25)23-12-11-16-5-4-8-19(22)13-16)28(26,27)20-10-9-17-6-2-3-7-18(17)14-20/h2-10,13-14H,11-12,15H2,1H3,(H,23,25). The fourth-order valence-electron chi connectivity index (χ4n) is 2.89. The third-order valence-corrected chi connectivity index (χ3v) is 6.45. The maximum atomic E-state index is 12.8. The van der Waals surface area contributed by atoms with Crippen molar-refractivity contribution in [2.75, 3.05) is 20.1 Å². The summed E-state index contributed by atoms with van der Waals surface area (Å²) in [5.41, 5.74) is 1.00. The van der Waals surface area contributed by atoms with Crippen molar-refractivity contribution in [3.8, 4) is 0 Å². The van der Waals surface area contributed by atoms with Crippen LogP contribution in [0.4, 0.5) is 0 Å². The van der Waals surface area contributed by atoms with Gasteiger partial charge in [0.15, 0.2) is 0 Å². The summed E-state index contributed by atoms with van der Waals surface area (Å²) in [5, 5.41) is 5.19. The SMILES string of the molecule is CN(CC(=O)NCCc1cccc(Cl)c1)S(=O)(=O)c1ccc2ccccc2c1. The van der Waals surface area contributed by atoms with E-state index in [1.807, 2.05) is 42.5 Å². The Bertz CT molecular complexity index is 1100. The molecule has 146 valence electrons. The lowest BCUT2D eigenvalue weighted by Gasteiger charge is -2.17. The van der Waals surface area contributed by atoms with Crippen LogP contribution < -0.4 is 5.32 Å². The van der Waals surface area contributed by atoms with Gasteiger partial charge in [0.2, 0.25) is 15.9 Å². The molecule has 7 heteroatoms. The minimum absolute atomic E-state index is 0.167. The first-order valence-electron chi connectivity index (χ1n) is 8.82. The zero-order valence-electron chi connectivity index (χ0n) is 15.4. The zero-order chi connectivity index (χ0) is 20.1. The van der Waals surface area contributed by atoms with Gasteiger partial charge in [0.25, 0.3) is 0 Å². The molecule has 0 saturated heterocycles. The van der Waals surface area contributed by atoms with E-state index in [2.05, 4.69) is 5.32 Å². The van der Waals surface area contributed by atoms with Crippen LogP contribution >= 0.6 is 11.6 Å². The number of carbonyl (C=O) groups is 1. The molecular formula is C21H21ClN2O3S. The molecule has 3 rings (SSSR count). The largest absolute Gasteiger partial charge is 0.355 e. The number of fused-ring (bicyclic) bond motifs is 1. The van der Waals surface area contributed by atoms with E-state index in [1.54, 1.807) is 24.3 Å². The number of amides is 1. The predicted molar refractivity (Wildman–Crippen MR) is 112 cm³/mol. The van der Waals surface area contributed by atoms with Gasteiger partial charge < -0.3 is 5.32 Å².